The molecule has 0 aliphatic rings. The summed E-state index contributed by atoms with van der Waals surface area (Å²) < 4.78 is 0. The summed E-state index contributed by atoms with van der Waals surface area (Å²) in [6.07, 6.45) is 0.899. The number of ketones is 1. The Morgan fingerprint density at radius 2 is 1.87 bits per heavy atom. The molecule has 0 fully saturated rings. The summed E-state index contributed by atoms with van der Waals surface area (Å²) in [4.78, 5) is 12.1. The van der Waals surface area contributed by atoms with Crippen molar-refractivity contribution in [2.24, 2.45) is 0 Å². The fourth-order valence-electron chi connectivity index (χ4n) is 1.46. The van der Waals surface area contributed by atoms with E-state index in [1.807, 2.05) is 30.3 Å². The molecule has 1 aromatic carbocycles. The van der Waals surface area contributed by atoms with Crippen LogP contribution in [0.3, 0.4) is 0 Å². The number of hydrogen-bond acceptors (Lipinski definition) is 2. The molecule has 1 aromatic rings. The molecule has 0 amide bonds. The number of carbonyl (C=O) groups is 1. The van der Waals surface area contributed by atoms with E-state index in [9.17, 15) is 4.79 Å². The van der Waals surface area contributed by atoms with Crippen LogP contribution in [0.4, 0.5) is 0 Å². The number of thioether (sulfide) groups is 1. The lowest BCUT2D eigenvalue weighted by molar-refractivity contribution is 0.0988. The van der Waals surface area contributed by atoms with Gasteiger partial charge in [0, 0.05) is 5.56 Å². The van der Waals surface area contributed by atoms with Gasteiger partial charge in [-0.3, -0.25) is 4.79 Å². The summed E-state index contributed by atoms with van der Waals surface area (Å²) in [5, 5.41) is 0.606. The van der Waals surface area contributed by atoms with Gasteiger partial charge in [-0.25, -0.2) is 0 Å². The Morgan fingerprint density at radius 1 is 1.27 bits per heavy atom. The Kier molecular flexibility index (Phi) is 4.89. The van der Waals surface area contributed by atoms with Crippen molar-refractivity contribution >= 4 is 17.5 Å². The third-order valence-electron chi connectivity index (χ3n) is 2.16. The van der Waals surface area contributed by atoms with E-state index in [4.69, 9.17) is 0 Å². The predicted octanol–water partition coefficient (Wildman–Crippen LogP) is 3.79. The lowest BCUT2D eigenvalue weighted by atomic mass is 10.1. The summed E-state index contributed by atoms with van der Waals surface area (Å²) in [7, 11) is 0. The van der Waals surface area contributed by atoms with Crippen LogP contribution in [0.5, 0.6) is 0 Å². The molecule has 0 aliphatic carbocycles. The van der Waals surface area contributed by atoms with E-state index < -0.39 is 0 Å². The number of carbonyl (C=O) groups excluding carboxylic acids is 1. The van der Waals surface area contributed by atoms with Crippen LogP contribution in [0.1, 0.15) is 37.6 Å². The Morgan fingerprint density at radius 3 is 2.33 bits per heavy atom. The van der Waals surface area contributed by atoms with E-state index >= 15 is 0 Å². The number of benzene rings is 1. The molecular weight excluding hydrogens is 204 g/mol. The topological polar surface area (TPSA) is 17.1 Å². The highest BCUT2D eigenvalue weighted by molar-refractivity contribution is 8.01. The minimum Gasteiger partial charge on any atom is -0.293 e. The van der Waals surface area contributed by atoms with E-state index in [0.717, 1.165) is 12.0 Å². The van der Waals surface area contributed by atoms with E-state index in [1.165, 1.54) is 0 Å². The van der Waals surface area contributed by atoms with E-state index in [-0.39, 0.29) is 11.0 Å². The van der Waals surface area contributed by atoms with Gasteiger partial charge in [0.05, 0.1) is 5.25 Å². The van der Waals surface area contributed by atoms with Gasteiger partial charge in [-0.2, -0.15) is 0 Å². The Labute approximate surface area is 96.3 Å². The lowest BCUT2D eigenvalue weighted by Crippen LogP contribution is -2.18. The molecule has 0 spiro atoms. The van der Waals surface area contributed by atoms with Crippen molar-refractivity contribution in [1.82, 2.24) is 0 Å². The van der Waals surface area contributed by atoms with Crippen molar-refractivity contribution in [1.29, 1.82) is 0 Å². The maximum absolute atomic E-state index is 12.1. The molecule has 2 heteroatoms. The molecule has 0 aromatic heterocycles. The summed E-state index contributed by atoms with van der Waals surface area (Å²) >= 11 is 1.75. The van der Waals surface area contributed by atoms with Crippen LogP contribution in [-0.4, -0.2) is 16.3 Å². The maximum atomic E-state index is 12.1. The van der Waals surface area contributed by atoms with Crippen molar-refractivity contribution in [2.75, 3.05) is 0 Å². The van der Waals surface area contributed by atoms with Gasteiger partial charge in [0.2, 0.25) is 0 Å². The smallest absolute Gasteiger partial charge is 0.175 e. The Balaban J connectivity index is 2.74. The monoisotopic (exact) mass is 222 g/mol. The second-order valence-electron chi connectivity index (χ2n) is 3.81. The van der Waals surface area contributed by atoms with Gasteiger partial charge in [0.15, 0.2) is 5.78 Å². The Bertz CT molecular complexity index is 306. The number of Topliss-reactive ketones (excluding diaryl/α,β-unsaturated/α-hetero) is 1. The van der Waals surface area contributed by atoms with Crippen molar-refractivity contribution in [3.05, 3.63) is 35.9 Å². The first-order chi connectivity index (χ1) is 7.15. The van der Waals surface area contributed by atoms with Crippen molar-refractivity contribution in [3.8, 4) is 0 Å². The second kappa shape index (κ2) is 5.96. The summed E-state index contributed by atoms with van der Waals surface area (Å²) in [5.41, 5.74) is 0.831. The molecule has 15 heavy (non-hydrogen) atoms. The maximum Gasteiger partial charge on any atom is 0.175 e. The van der Waals surface area contributed by atoms with Crippen LogP contribution in [0.15, 0.2) is 30.3 Å². The van der Waals surface area contributed by atoms with Crippen LogP contribution in [0, 0.1) is 0 Å². The molecule has 0 bridgehead atoms. The second-order valence-corrected chi connectivity index (χ2v) is 5.60. The zero-order valence-electron chi connectivity index (χ0n) is 9.57. The average Bonchev–Trinajstić information content (AvgIpc) is 2.26. The van der Waals surface area contributed by atoms with Crippen molar-refractivity contribution in [3.63, 3.8) is 0 Å². The third kappa shape index (κ3) is 3.71. The zero-order valence-corrected chi connectivity index (χ0v) is 10.4. The molecule has 1 nitrogen and oxygen atoms in total. The molecule has 0 radical (unpaired) electrons. The molecule has 1 rings (SSSR count). The molecule has 1 unspecified atom stereocenters. The van der Waals surface area contributed by atoms with Crippen molar-refractivity contribution < 1.29 is 4.79 Å². The molecule has 1 atom stereocenters. The SMILES string of the molecule is CCC(SC(C)C)C(=O)c1ccccc1. The van der Waals surface area contributed by atoms with Gasteiger partial charge in [-0.1, -0.05) is 51.1 Å². The summed E-state index contributed by atoms with van der Waals surface area (Å²) in [6, 6.07) is 9.56. The van der Waals surface area contributed by atoms with Crippen LogP contribution >= 0.6 is 11.8 Å². The first-order valence-corrected chi connectivity index (χ1v) is 6.34. The zero-order chi connectivity index (χ0) is 11.3. The van der Waals surface area contributed by atoms with Crippen LogP contribution in [0.25, 0.3) is 0 Å². The fourth-order valence-corrected chi connectivity index (χ4v) is 2.57. The minimum absolute atomic E-state index is 0.104. The predicted molar refractivity (Wildman–Crippen MR) is 67.6 cm³/mol. The van der Waals surface area contributed by atoms with Gasteiger partial charge in [-0.05, 0) is 11.7 Å². The molecule has 0 N–H and O–H groups in total. The highest BCUT2D eigenvalue weighted by Gasteiger charge is 2.19. The first kappa shape index (κ1) is 12.3. The third-order valence-corrected chi connectivity index (χ3v) is 3.58. The van der Waals surface area contributed by atoms with Gasteiger partial charge in [-0.15, -0.1) is 11.8 Å². The van der Waals surface area contributed by atoms with Gasteiger partial charge in [0.25, 0.3) is 0 Å². The van der Waals surface area contributed by atoms with Gasteiger partial charge in [0.1, 0.15) is 0 Å². The molecular formula is C13H18OS. The lowest BCUT2D eigenvalue weighted by Gasteiger charge is -2.15. The highest BCUT2D eigenvalue weighted by Crippen LogP contribution is 2.23. The van der Waals surface area contributed by atoms with Crippen LogP contribution in [-0.2, 0) is 0 Å². The van der Waals surface area contributed by atoms with Crippen LogP contribution < -0.4 is 0 Å². The standard InChI is InChI=1S/C13H18OS/c1-4-12(15-10(2)3)13(14)11-8-6-5-7-9-11/h5-10,12H,4H2,1-3H3. The Hall–Kier alpha value is -0.760. The van der Waals surface area contributed by atoms with Gasteiger partial charge >= 0.3 is 0 Å². The minimum atomic E-state index is 0.104. The van der Waals surface area contributed by atoms with E-state index in [1.54, 1.807) is 11.8 Å². The van der Waals surface area contributed by atoms with Gasteiger partial charge < -0.3 is 0 Å². The highest BCUT2D eigenvalue weighted by atomic mass is 32.2. The molecule has 0 saturated carbocycles. The number of hydrogen-bond donors (Lipinski definition) is 0. The quantitative estimate of drug-likeness (QED) is 0.705. The molecule has 0 saturated heterocycles. The average molecular weight is 222 g/mol. The van der Waals surface area contributed by atoms with Crippen LogP contribution in [0.2, 0.25) is 0 Å². The normalized spacial score (nSPS) is 12.8. The largest absolute Gasteiger partial charge is 0.293 e. The summed E-state index contributed by atoms with van der Waals surface area (Å²) in [6.45, 7) is 6.33. The van der Waals surface area contributed by atoms with E-state index in [0.29, 0.717) is 5.25 Å². The number of rotatable bonds is 5. The summed E-state index contributed by atoms with van der Waals surface area (Å²) in [5.74, 6) is 0.261. The first-order valence-electron chi connectivity index (χ1n) is 5.39. The molecule has 0 aliphatic heterocycles. The molecule has 82 valence electrons. The fraction of sp³-hybridized carbons (Fsp3) is 0.462. The van der Waals surface area contributed by atoms with Crippen molar-refractivity contribution in [2.45, 2.75) is 37.7 Å². The van der Waals surface area contributed by atoms with E-state index in [2.05, 4.69) is 20.8 Å². The molecule has 0 heterocycles.